The Morgan fingerprint density at radius 1 is 1.23 bits per heavy atom. The highest BCUT2D eigenvalue weighted by atomic mass is 35.5. The molecule has 166 valence electrons. The number of ether oxygens (including phenoxy) is 1. The Morgan fingerprint density at radius 3 is 2.55 bits per heavy atom. The number of nitrogens with one attached hydrogen (secondary N) is 1. The number of carbonyl (C=O) groups is 2. The maximum absolute atomic E-state index is 13.3. The summed E-state index contributed by atoms with van der Waals surface area (Å²) < 4.78 is 29.4. The first kappa shape index (κ1) is 23.1. The van der Waals surface area contributed by atoms with Gasteiger partial charge >= 0.3 is 6.09 Å². The number of fused-ring (bicyclic) bond motifs is 1. The van der Waals surface area contributed by atoms with E-state index in [-0.39, 0.29) is 23.8 Å². The average Bonchev–Trinajstić information content (AvgIpc) is 2.62. The molecule has 2 amide bonds. The van der Waals surface area contributed by atoms with Crippen LogP contribution in [0.15, 0.2) is 47.4 Å². The smallest absolute Gasteiger partial charge is 0.408 e. The van der Waals surface area contributed by atoms with Crippen LogP contribution in [0.4, 0.5) is 10.5 Å². The van der Waals surface area contributed by atoms with Crippen LogP contribution in [-0.2, 0) is 32.3 Å². The van der Waals surface area contributed by atoms with Crippen LogP contribution >= 0.6 is 11.6 Å². The van der Waals surface area contributed by atoms with Gasteiger partial charge in [-0.05, 0) is 56.2 Å². The first-order valence-corrected chi connectivity index (χ1v) is 12.0. The van der Waals surface area contributed by atoms with Gasteiger partial charge in [0.15, 0.2) is 9.84 Å². The number of hydrogen-bond donors (Lipinski definition) is 1. The largest absolute Gasteiger partial charge is 0.444 e. The van der Waals surface area contributed by atoms with Crippen LogP contribution in [0.1, 0.15) is 31.9 Å². The summed E-state index contributed by atoms with van der Waals surface area (Å²) in [6.07, 6.45) is 0.654. The molecule has 1 aliphatic heterocycles. The molecule has 2 aromatic carbocycles. The van der Waals surface area contributed by atoms with Crippen LogP contribution in [0.5, 0.6) is 0 Å². The lowest BCUT2D eigenvalue weighted by Gasteiger charge is -2.35. The summed E-state index contributed by atoms with van der Waals surface area (Å²) in [5, 5.41) is 3.17. The fourth-order valence-electron chi connectivity index (χ4n) is 3.36. The van der Waals surface area contributed by atoms with Gasteiger partial charge in [0.25, 0.3) is 0 Å². The standard InChI is InChI=1S/C22H25ClN2O5S/c1-22(2,3)30-21(27)24-18-11-15-8-9-17(31(4,28)29)12-19(15)25(20(18)26)13-14-6-5-7-16(23)10-14/h5-10,12,18H,11,13H2,1-4H3,(H,24,27)/t18-/m1/s1. The Hall–Kier alpha value is -2.58. The molecule has 0 aliphatic carbocycles. The lowest BCUT2D eigenvalue weighted by molar-refractivity contribution is -0.121. The van der Waals surface area contributed by atoms with E-state index in [9.17, 15) is 18.0 Å². The molecule has 0 unspecified atom stereocenters. The molecule has 1 N–H and O–H groups in total. The molecule has 0 saturated heterocycles. The quantitative estimate of drug-likeness (QED) is 0.744. The summed E-state index contributed by atoms with van der Waals surface area (Å²) in [6.45, 7) is 5.39. The van der Waals surface area contributed by atoms with Gasteiger partial charge in [-0.3, -0.25) is 4.79 Å². The van der Waals surface area contributed by atoms with Crippen LogP contribution < -0.4 is 10.2 Å². The average molecular weight is 465 g/mol. The number of nitrogens with zero attached hydrogens (tertiary/aromatic N) is 1. The molecule has 2 aromatic rings. The molecule has 0 radical (unpaired) electrons. The predicted molar refractivity (Wildman–Crippen MR) is 119 cm³/mol. The Morgan fingerprint density at radius 2 is 1.94 bits per heavy atom. The number of hydrogen-bond acceptors (Lipinski definition) is 5. The van der Waals surface area contributed by atoms with Gasteiger partial charge in [0.1, 0.15) is 11.6 Å². The molecule has 0 fully saturated rings. The van der Waals surface area contributed by atoms with Gasteiger partial charge in [-0.1, -0.05) is 29.8 Å². The van der Waals surface area contributed by atoms with Crippen molar-refractivity contribution in [1.82, 2.24) is 5.32 Å². The Balaban J connectivity index is 1.99. The summed E-state index contributed by atoms with van der Waals surface area (Å²) in [6, 6.07) is 10.9. The molecule has 0 bridgehead atoms. The monoisotopic (exact) mass is 464 g/mol. The lowest BCUT2D eigenvalue weighted by Crippen LogP contribution is -2.53. The molecule has 3 rings (SSSR count). The molecule has 9 heteroatoms. The van der Waals surface area contributed by atoms with Crippen LogP contribution in [0.3, 0.4) is 0 Å². The minimum absolute atomic E-state index is 0.119. The molecular weight excluding hydrogens is 440 g/mol. The molecule has 0 saturated carbocycles. The van der Waals surface area contributed by atoms with Crippen LogP contribution in [-0.4, -0.2) is 38.3 Å². The van der Waals surface area contributed by atoms with Gasteiger partial charge in [-0.25, -0.2) is 13.2 Å². The van der Waals surface area contributed by atoms with Gasteiger partial charge < -0.3 is 15.0 Å². The van der Waals surface area contributed by atoms with E-state index in [0.29, 0.717) is 10.7 Å². The first-order chi connectivity index (χ1) is 14.3. The van der Waals surface area contributed by atoms with Crippen molar-refractivity contribution >= 4 is 39.1 Å². The summed E-state index contributed by atoms with van der Waals surface area (Å²) >= 11 is 6.09. The molecule has 1 atom stereocenters. The molecule has 0 spiro atoms. The SMILES string of the molecule is CC(C)(C)OC(=O)N[C@@H]1Cc2ccc(S(C)(=O)=O)cc2N(Cc2cccc(Cl)c2)C1=O. The maximum atomic E-state index is 13.3. The van der Waals surface area contributed by atoms with Crippen molar-refractivity contribution in [2.45, 2.75) is 50.3 Å². The number of anilines is 1. The van der Waals surface area contributed by atoms with Gasteiger partial charge in [0.2, 0.25) is 5.91 Å². The molecule has 0 aromatic heterocycles. The number of alkyl carbamates (subject to hydrolysis) is 1. The van der Waals surface area contributed by atoms with E-state index >= 15 is 0 Å². The minimum Gasteiger partial charge on any atom is -0.444 e. The zero-order chi connectivity index (χ0) is 23.0. The fraction of sp³-hybridized carbons (Fsp3) is 0.364. The predicted octanol–water partition coefficient (Wildman–Crippen LogP) is 3.73. The van der Waals surface area contributed by atoms with E-state index in [4.69, 9.17) is 16.3 Å². The van der Waals surface area contributed by atoms with E-state index in [1.54, 1.807) is 45.0 Å². The highest BCUT2D eigenvalue weighted by molar-refractivity contribution is 7.90. The number of sulfone groups is 1. The van der Waals surface area contributed by atoms with Gasteiger partial charge in [0, 0.05) is 23.4 Å². The fourth-order valence-corrected chi connectivity index (χ4v) is 4.21. The third-order valence-electron chi connectivity index (χ3n) is 4.68. The van der Waals surface area contributed by atoms with Crippen molar-refractivity contribution < 1.29 is 22.7 Å². The van der Waals surface area contributed by atoms with Gasteiger partial charge in [0.05, 0.1) is 11.4 Å². The highest BCUT2D eigenvalue weighted by Crippen LogP contribution is 2.32. The first-order valence-electron chi connectivity index (χ1n) is 9.72. The summed E-state index contributed by atoms with van der Waals surface area (Å²) in [4.78, 5) is 27.2. The third-order valence-corrected chi connectivity index (χ3v) is 6.03. The Kier molecular flexibility index (Phi) is 6.34. The van der Waals surface area contributed by atoms with Crippen LogP contribution in [0.2, 0.25) is 5.02 Å². The second kappa shape index (κ2) is 8.51. The zero-order valence-corrected chi connectivity index (χ0v) is 19.4. The second-order valence-corrected chi connectivity index (χ2v) is 11.0. The van der Waals surface area contributed by atoms with E-state index in [1.807, 2.05) is 6.07 Å². The normalized spacial score (nSPS) is 16.6. The van der Waals surface area contributed by atoms with Gasteiger partial charge in [-0.2, -0.15) is 0 Å². The van der Waals surface area contributed by atoms with Crippen molar-refractivity contribution in [3.8, 4) is 0 Å². The van der Waals surface area contributed by atoms with E-state index < -0.39 is 27.6 Å². The Bertz CT molecular complexity index is 1120. The molecule has 1 heterocycles. The maximum Gasteiger partial charge on any atom is 0.408 e. The zero-order valence-electron chi connectivity index (χ0n) is 17.8. The molecule has 1 aliphatic rings. The van der Waals surface area contributed by atoms with Gasteiger partial charge in [-0.15, -0.1) is 0 Å². The topological polar surface area (TPSA) is 92.8 Å². The van der Waals surface area contributed by atoms with Crippen LogP contribution in [0.25, 0.3) is 0 Å². The number of benzene rings is 2. The van der Waals surface area contributed by atoms with Crippen molar-refractivity contribution in [2.75, 3.05) is 11.2 Å². The highest BCUT2D eigenvalue weighted by Gasteiger charge is 2.35. The van der Waals surface area contributed by atoms with E-state index in [0.717, 1.165) is 17.4 Å². The molecule has 7 nitrogen and oxygen atoms in total. The number of carbonyl (C=O) groups excluding carboxylic acids is 2. The van der Waals surface area contributed by atoms with Crippen molar-refractivity contribution in [2.24, 2.45) is 0 Å². The molecule has 31 heavy (non-hydrogen) atoms. The number of rotatable bonds is 4. The Labute approximate surface area is 187 Å². The number of amides is 2. The third kappa shape index (κ3) is 5.77. The van der Waals surface area contributed by atoms with Crippen molar-refractivity contribution in [3.05, 3.63) is 58.6 Å². The molecular formula is C22H25ClN2O5S. The summed E-state index contributed by atoms with van der Waals surface area (Å²) in [7, 11) is -3.46. The van der Waals surface area contributed by atoms with E-state index in [1.165, 1.54) is 17.0 Å². The van der Waals surface area contributed by atoms with Crippen molar-refractivity contribution in [1.29, 1.82) is 0 Å². The van der Waals surface area contributed by atoms with E-state index in [2.05, 4.69) is 5.32 Å². The minimum atomic E-state index is -3.46. The van der Waals surface area contributed by atoms with Crippen LogP contribution in [0, 0.1) is 0 Å². The summed E-state index contributed by atoms with van der Waals surface area (Å²) in [5.41, 5.74) is 1.31. The number of halogens is 1. The lowest BCUT2D eigenvalue weighted by atomic mass is 9.96. The second-order valence-electron chi connectivity index (χ2n) is 8.52. The van der Waals surface area contributed by atoms with Crippen molar-refractivity contribution in [3.63, 3.8) is 0 Å². The summed E-state index contributed by atoms with van der Waals surface area (Å²) in [5.74, 6) is -0.357.